The summed E-state index contributed by atoms with van der Waals surface area (Å²) >= 11 is 0. The minimum atomic E-state index is -8.72. The Hall–Kier alpha value is -2.05. The fraction of sp³-hybridized carbons (Fsp3) is 0.750. The van der Waals surface area contributed by atoms with E-state index in [0.717, 1.165) is 0 Å². The average Bonchev–Trinajstić information content (AvgIpc) is 2.52. The van der Waals surface area contributed by atoms with Gasteiger partial charge >= 0.3 is 53.9 Å². The molecule has 0 saturated carbocycles. The van der Waals surface area contributed by atoms with Crippen LogP contribution in [0.1, 0.15) is 6.92 Å². The van der Waals surface area contributed by atoms with E-state index in [0.29, 0.717) is 0 Å². The predicted octanol–water partition coefficient (Wildman–Crippen LogP) is 6.57. The molecule has 0 saturated heterocycles. The highest BCUT2D eigenvalue weighted by Gasteiger charge is 2.95. The second-order valence-electron chi connectivity index (χ2n) is 5.53. The van der Waals surface area contributed by atoms with Gasteiger partial charge in [0.25, 0.3) is 0 Å². The normalized spacial score (nSPS) is 15.1. The fourth-order valence-corrected chi connectivity index (χ4v) is 1.14. The monoisotopic (exact) mass is 524 g/mol. The number of carboxylic acids is 1. The largest absolute Gasteiger partial charge is 0.478 e. The molecule has 32 heavy (non-hydrogen) atoms. The van der Waals surface area contributed by atoms with Crippen LogP contribution in [0.3, 0.4) is 0 Å². The molecule has 0 rings (SSSR count). The first kappa shape index (κ1) is 32.1. The van der Waals surface area contributed by atoms with Crippen molar-refractivity contribution in [3.8, 4) is 0 Å². The molecular weight excluding hydrogens is 518 g/mol. The first-order chi connectivity index (χ1) is 13.4. The van der Waals surface area contributed by atoms with E-state index in [1.165, 1.54) is 6.92 Å². The lowest BCUT2D eigenvalue weighted by Crippen LogP contribution is -2.74. The minimum Gasteiger partial charge on any atom is -0.478 e. The Kier molecular flexibility index (Phi) is 8.41. The Morgan fingerprint density at radius 2 is 0.625 bits per heavy atom. The van der Waals surface area contributed by atoms with Crippen LogP contribution in [0.4, 0.5) is 79.0 Å². The van der Waals surface area contributed by atoms with E-state index in [2.05, 4.69) is 6.58 Å². The molecule has 0 atom stereocenters. The van der Waals surface area contributed by atoms with E-state index in [1.54, 1.807) is 0 Å². The molecule has 2 nitrogen and oxygen atoms in total. The Balaban J connectivity index is 0. The molecule has 0 unspecified atom stereocenters. The van der Waals surface area contributed by atoms with Crippen LogP contribution in [0.5, 0.6) is 0 Å². The smallest absolute Gasteiger partial charge is 0.460 e. The van der Waals surface area contributed by atoms with Crippen LogP contribution in [-0.4, -0.2) is 59.0 Å². The predicted molar refractivity (Wildman–Crippen MR) is 64.2 cm³/mol. The fourth-order valence-electron chi connectivity index (χ4n) is 1.14. The molecule has 0 fully saturated rings. The lowest BCUT2D eigenvalue weighted by Gasteiger charge is -2.41. The van der Waals surface area contributed by atoms with Gasteiger partial charge in [-0.2, -0.15) is 79.0 Å². The van der Waals surface area contributed by atoms with Crippen LogP contribution < -0.4 is 0 Å². The Labute approximate surface area is 163 Å². The third-order valence-corrected chi connectivity index (χ3v) is 3.05. The maximum absolute atomic E-state index is 12.8. The van der Waals surface area contributed by atoms with Crippen molar-refractivity contribution < 1.29 is 88.9 Å². The molecule has 0 radical (unpaired) electrons. The summed E-state index contributed by atoms with van der Waals surface area (Å²) in [4.78, 5) is 9.60. The number of carboxylic acid groups (broad SMARTS) is 1. The van der Waals surface area contributed by atoms with Crippen molar-refractivity contribution in [2.45, 2.75) is 54.8 Å². The number of aliphatic carboxylic acids is 1. The highest BCUT2D eigenvalue weighted by Crippen LogP contribution is 2.63. The number of rotatable bonds is 6. The van der Waals surface area contributed by atoms with E-state index in [9.17, 15) is 83.8 Å². The van der Waals surface area contributed by atoms with Crippen molar-refractivity contribution in [3.05, 3.63) is 12.2 Å². The van der Waals surface area contributed by atoms with Gasteiger partial charge in [-0.05, 0) is 6.92 Å². The van der Waals surface area contributed by atoms with Crippen molar-refractivity contribution >= 4 is 5.97 Å². The van der Waals surface area contributed by atoms with Crippen molar-refractivity contribution in [1.82, 2.24) is 0 Å². The van der Waals surface area contributed by atoms with Gasteiger partial charge < -0.3 is 5.11 Å². The zero-order chi connectivity index (χ0) is 27.2. The zero-order valence-corrected chi connectivity index (χ0v) is 14.4. The van der Waals surface area contributed by atoms with Gasteiger partial charge in [0, 0.05) is 5.57 Å². The van der Waals surface area contributed by atoms with E-state index in [1.807, 2.05) is 0 Å². The van der Waals surface area contributed by atoms with E-state index < -0.39 is 53.9 Å². The van der Waals surface area contributed by atoms with Gasteiger partial charge in [-0.3, -0.25) is 0 Å². The molecule has 1 N–H and O–H groups in total. The van der Waals surface area contributed by atoms with Gasteiger partial charge in [-0.15, -0.1) is 0 Å². The van der Waals surface area contributed by atoms with E-state index >= 15 is 0 Å². The molecule has 0 spiro atoms. The minimum absolute atomic E-state index is 0.176. The number of alkyl halides is 18. The van der Waals surface area contributed by atoms with E-state index in [-0.39, 0.29) is 5.57 Å². The summed E-state index contributed by atoms with van der Waals surface area (Å²) in [5, 5.41) is 7.89. The third-order valence-electron chi connectivity index (χ3n) is 3.05. The third kappa shape index (κ3) is 4.81. The highest BCUT2D eigenvalue weighted by atomic mass is 19.4. The van der Waals surface area contributed by atoms with Gasteiger partial charge in [0.15, 0.2) is 0 Å². The van der Waals surface area contributed by atoms with Crippen LogP contribution in [0, 0.1) is 0 Å². The lowest BCUT2D eigenvalue weighted by atomic mass is 9.91. The molecular formula is C12H6F18O2. The van der Waals surface area contributed by atoms with Crippen LogP contribution >= 0.6 is 0 Å². The molecule has 20 heteroatoms. The average molecular weight is 524 g/mol. The topological polar surface area (TPSA) is 37.3 Å². The second kappa shape index (κ2) is 8.38. The van der Waals surface area contributed by atoms with Crippen molar-refractivity contribution in [3.63, 3.8) is 0 Å². The van der Waals surface area contributed by atoms with Crippen LogP contribution in [0.15, 0.2) is 12.2 Å². The van der Waals surface area contributed by atoms with Crippen molar-refractivity contribution in [2.75, 3.05) is 0 Å². The van der Waals surface area contributed by atoms with Crippen molar-refractivity contribution in [2.24, 2.45) is 0 Å². The van der Waals surface area contributed by atoms with Crippen molar-refractivity contribution in [1.29, 1.82) is 0 Å². The second-order valence-corrected chi connectivity index (χ2v) is 5.53. The Morgan fingerprint density at radius 3 is 0.719 bits per heavy atom. The molecule has 0 aromatic carbocycles. The SMILES string of the molecule is C=C(C)C(=O)O.FC(F)(F)C(F)(F)C(F)(F)C(F)(F)C(F)(F)C(F)(F)C(F)(F)C(F)(F)F. The van der Waals surface area contributed by atoms with Crippen LogP contribution in [0.2, 0.25) is 0 Å². The summed E-state index contributed by atoms with van der Waals surface area (Å²) in [6.07, 6.45) is -15.6. The summed E-state index contributed by atoms with van der Waals surface area (Å²) in [6.45, 7) is 4.60. The Morgan fingerprint density at radius 1 is 0.500 bits per heavy atom. The Bertz CT molecular complexity index is 638. The quantitative estimate of drug-likeness (QED) is 0.316. The maximum atomic E-state index is 12.8. The first-order valence-electron chi connectivity index (χ1n) is 6.68. The van der Waals surface area contributed by atoms with E-state index in [4.69, 9.17) is 5.11 Å². The first-order valence-corrected chi connectivity index (χ1v) is 6.68. The lowest BCUT2D eigenvalue weighted by molar-refractivity contribution is -0.468. The number of halogens is 18. The summed E-state index contributed by atoms with van der Waals surface area (Å²) in [6, 6.07) is 0. The molecule has 0 heterocycles. The number of hydrogen-bond acceptors (Lipinski definition) is 1. The van der Waals surface area contributed by atoms with Gasteiger partial charge in [-0.1, -0.05) is 6.58 Å². The molecule has 192 valence electrons. The summed E-state index contributed by atoms with van der Waals surface area (Å²) in [5.41, 5.74) is 0.176. The summed E-state index contributed by atoms with van der Waals surface area (Å²) < 4.78 is 221. The highest BCUT2D eigenvalue weighted by molar-refractivity contribution is 5.84. The van der Waals surface area contributed by atoms with Crippen LogP contribution in [0.25, 0.3) is 0 Å². The number of carbonyl (C=O) groups is 1. The zero-order valence-electron chi connectivity index (χ0n) is 14.4. The molecule has 0 aromatic rings. The summed E-state index contributed by atoms with van der Waals surface area (Å²) in [5.74, 6) is -52.0. The molecule has 0 aliphatic heterocycles. The standard InChI is InChI=1S/C8F18.C4H6O2/c9-1(10,3(13,14)5(17,18)7(21,22)23)2(11,12)4(15,16)6(19,20)8(24,25)26;1-3(2)4(5)6/h;1H2,2H3,(H,5,6). The van der Waals surface area contributed by atoms with Gasteiger partial charge in [0.1, 0.15) is 0 Å². The van der Waals surface area contributed by atoms with Gasteiger partial charge in [0.05, 0.1) is 0 Å². The summed E-state index contributed by atoms with van der Waals surface area (Å²) in [7, 11) is 0. The molecule has 0 bridgehead atoms. The van der Waals surface area contributed by atoms with Crippen LogP contribution in [-0.2, 0) is 4.79 Å². The molecule has 0 aliphatic carbocycles. The molecule has 0 amide bonds. The molecule has 0 aliphatic rings. The maximum Gasteiger partial charge on any atom is 0.460 e. The number of hydrogen-bond donors (Lipinski definition) is 1. The van der Waals surface area contributed by atoms with Gasteiger partial charge in [-0.25, -0.2) is 4.79 Å². The molecule has 0 aromatic heterocycles. The van der Waals surface area contributed by atoms with Gasteiger partial charge in [0.2, 0.25) is 0 Å².